The van der Waals surface area contributed by atoms with E-state index in [-0.39, 0.29) is 5.82 Å². The molecule has 0 N–H and O–H groups in total. The molecule has 0 aliphatic carbocycles. The van der Waals surface area contributed by atoms with E-state index in [1.165, 1.54) is 55.9 Å². The van der Waals surface area contributed by atoms with Crippen LogP contribution in [0.2, 0.25) is 0 Å². The van der Waals surface area contributed by atoms with Gasteiger partial charge in [-0.05, 0) is 85.3 Å². The molecule has 0 radical (unpaired) electrons. The zero-order chi connectivity index (χ0) is 22.2. The van der Waals surface area contributed by atoms with Gasteiger partial charge in [-0.25, -0.2) is 4.39 Å². The Balaban J connectivity index is 1.34. The van der Waals surface area contributed by atoms with Crippen LogP contribution in [0.15, 0.2) is 127 Å². The molecule has 6 aromatic carbocycles. The van der Waals surface area contributed by atoms with Crippen molar-refractivity contribution in [1.29, 1.82) is 0 Å². The van der Waals surface area contributed by atoms with Gasteiger partial charge in [-0.15, -0.1) is 0 Å². The molecule has 0 unspecified atom stereocenters. The SMILES string of the molecule is Fc1ccc(-c2ccc3ccc(-c4ccc(-c5ccc6ccccc6c5)cc4)cc3c2)cc1. The number of benzene rings is 6. The second-order valence-corrected chi connectivity index (χ2v) is 8.42. The summed E-state index contributed by atoms with van der Waals surface area (Å²) in [5.41, 5.74) is 6.92. The van der Waals surface area contributed by atoms with Crippen molar-refractivity contribution in [3.8, 4) is 33.4 Å². The van der Waals surface area contributed by atoms with Crippen LogP contribution in [0.3, 0.4) is 0 Å². The second-order valence-electron chi connectivity index (χ2n) is 8.42. The van der Waals surface area contributed by atoms with E-state index < -0.39 is 0 Å². The molecule has 0 aliphatic rings. The van der Waals surface area contributed by atoms with Crippen molar-refractivity contribution in [2.24, 2.45) is 0 Å². The molecule has 0 aliphatic heterocycles. The molecule has 0 saturated carbocycles. The van der Waals surface area contributed by atoms with E-state index >= 15 is 0 Å². The number of rotatable bonds is 3. The van der Waals surface area contributed by atoms with Crippen LogP contribution in [0.4, 0.5) is 4.39 Å². The van der Waals surface area contributed by atoms with Crippen molar-refractivity contribution in [2.75, 3.05) is 0 Å². The van der Waals surface area contributed by atoms with Crippen LogP contribution in [0.5, 0.6) is 0 Å². The summed E-state index contributed by atoms with van der Waals surface area (Å²) in [6, 6.07) is 43.5. The van der Waals surface area contributed by atoms with Crippen molar-refractivity contribution in [3.63, 3.8) is 0 Å². The molecular formula is C32H21F. The normalized spacial score (nSPS) is 11.2. The van der Waals surface area contributed by atoms with Gasteiger partial charge < -0.3 is 0 Å². The van der Waals surface area contributed by atoms with Gasteiger partial charge in [-0.3, -0.25) is 0 Å². The minimum absolute atomic E-state index is 0.214. The predicted octanol–water partition coefficient (Wildman–Crippen LogP) is 9.13. The highest BCUT2D eigenvalue weighted by Crippen LogP contribution is 2.31. The van der Waals surface area contributed by atoms with Crippen LogP contribution in [-0.2, 0) is 0 Å². The van der Waals surface area contributed by atoms with E-state index in [0.717, 1.165) is 11.1 Å². The largest absolute Gasteiger partial charge is 0.207 e. The monoisotopic (exact) mass is 424 g/mol. The first-order valence-corrected chi connectivity index (χ1v) is 11.1. The molecule has 0 spiro atoms. The summed E-state index contributed by atoms with van der Waals surface area (Å²) in [4.78, 5) is 0. The van der Waals surface area contributed by atoms with E-state index in [1.54, 1.807) is 0 Å². The standard InChI is InChI=1S/C32H21F/c33-32-17-15-25(16-18-32)30-14-11-26-10-13-29(20-31(26)21-30)24-7-5-23(6-8-24)28-12-9-22-3-1-2-4-27(22)19-28/h1-21H. The second kappa shape index (κ2) is 8.03. The van der Waals surface area contributed by atoms with Crippen LogP contribution in [-0.4, -0.2) is 0 Å². The molecule has 156 valence electrons. The average Bonchev–Trinajstić information content (AvgIpc) is 2.88. The maximum absolute atomic E-state index is 13.3. The molecule has 0 amide bonds. The van der Waals surface area contributed by atoms with Crippen LogP contribution in [0, 0.1) is 5.82 Å². The van der Waals surface area contributed by atoms with Crippen LogP contribution in [0.1, 0.15) is 0 Å². The van der Waals surface area contributed by atoms with Gasteiger partial charge in [0.2, 0.25) is 0 Å². The van der Waals surface area contributed by atoms with Crippen LogP contribution < -0.4 is 0 Å². The van der Waals surface area contributed by atoms with Crippen molar-refractivity contribution < 1.29 is 4.39 Å². The van der Waals surface area contributed by atoms with Gasteiger partial charge >= 0.3 is 0 Å². The lowest BCUT2D eigenvalue weighted by molar-refractivity contribution is 0.628. The lowest BCUT2D eigenvalue weighted by Crippen LogP contribution is -1.83. The third kappa shape index (κ3) is 3.79. The molecular weight excluding hydrogens is 403 g/mol. The van der Waals surface area contributed by atoms with Crippen molar-refractivity contribution in [1.82, 2.24) is 0 Å². The first-order chi connectivity index (χ1) is 16.2. The Kier molecular flexibility index (Phi) is 4.74. The predicted molar refractivity (Wildman–Crippen MR) is 138 cm³/mol. The van der Waals surface area contributed by atoms with Crippen LogP contribution in [0.25, 0.3) is 54.9 Å². The van der Waals surface area contributed by atoms with E-state index in [4.69, 9.17) is 0 Å². The number of hydrogen-bond acceptors (Lipinski definition) is 0. The molecule has 0 fully saturated rings. The third-order valence-corrected chi connectivity index (χ3v) is 6.32. The van der Waals surface area contributed by atoms with Gasteiger partial charge in [0.25, 0.3) is 0 Å². The maximum Gasteiger partial charge on any atom is 0.123 e. The van der Waals surface area contributed by atoms with E-state index in [9.17, 15) is 4.39 Å². The van der Waals surface area contributed by atoms with Gasteiger partial charge in [0.15, 0.2) is 0 Å². The average molecular weight is 425 g/mol. The molecule has 0 saturated heterocycles. The number of hydrogen-bond donors (Lipinski definition) is 0. The Labute approximate surface area is 192 Å². The van der Waals surface area contributed by atoms with Crippen molar-refractivity contribution >= 4 is 21.5 Å². The minimum atomic E-state index is -0.214. The topological polar surface area (TPSA) is 0 Å². The molecule has 0 heterocycles. The zero-order valence-corrected chi connectivity index (χ0v) is 18.0. The summed E-state index contributed by atoms with van der Waals surface area (Å²) in [5.74, 6) is -0.214. The lowest BCUT2D eigenvalue weighted by atomic mass is 9.96. The Morgan fingerprint density at radius 3 is 1.18 bits per heavy atom. The molecule has 0 atom stereocenters. The summed E-state index contributed by atoms with van der Waals surface area (Å²) in [5, 5.41) is 4.88. The molecule has 6 rings (SSSR count). The van der Waals surface area contributed by atoms with E-state index in [0.29, 0.717) is 0 Å². The summed E-state index contributed by atoms with van der Waals surface area (Å²) in [7, 11) is 0. The van der Waals surface area contributed by atoms with Crippen molar-refractivity contribution in [3.05, 3.63) is 133 Å². The number of halogens is 1. The maximum atomic E-state index is 13.3. The lowest BCUT2D eigenvalue weighted by Gasteiger charge is -2.09. The van der Waals surface area contributed by atoms with Crippen molar-refractivity contribution in [2.45, 2.75) is 0 Å². The van der Waals surface area contributed by atoms with Gasteiger partial charge in [-0.2, -0.15) is 0 Å². The summed E-state index contributed by atoms with van der Waals surface area (Å²) in [6.45, 7) is 0. The highest BCUT2D eigenvalue weighted by atomic mass is 19.1. The Morgan fingerprint density at radius 2 is 0.667 bits per heavy atom. The van der Waals surface area contributed by atoms with Gasteiger partial charge in [0.1, 0.15) is 5.82 Å². The molecule has 1 heteroatoms. The van der Waals surface area contributed by atoms with Crippen LogP contribution >= 0.6 is 0 Å². The van der Waals surface area contributed by atoms with E-state index in [1.807, 2.05) is 12.1 Å². The zero-order valence-electron chi connectivity index (χ0n) is 18.0. The minimum Gasteiger partial charge on any atom is -0.207 e. The van der Waals surface area contributed by atoms with Gasteiger partial charge in [0.05, 0.1) is 0 Å². The van der Waals surface area contributed by atoms with E-state index in [2.05, 4.69) is 103 Å². The number of fused-ring (bicyclic) bond motifs is 2. The van der Waals surface area contributed by atoms with Gasteiger partial charge in [-0.1, -0.05) is 97.1 Å². The molecule has 33 heavy (non-hydrogen) atoms. The molecule has 0 nitrogen and oxygen atoms in total. The molecule has 6 aromatic rings. The smallest absolute Gasteiger partial charge is 0.123 e. The highest BCUT2D eigenvalue weighted by molar-refractivity contribution is 5.91. The Morgan fingerprint density at radius 1 is 0.303 bits per heavy atom. The quantitative estimate of drug-likeness (QED) is 0.266. The first-order valence-electron chi connectivity index (χ1n) is 11.1. The summed E-state index contributed by atoms with van der Waals surface area (Å²) in [6.07, 6.45) is 0. The van der Waals surface area contributed by atoms with Gasteiger partial charge in [0, 0.05) is 0 Å². The Hall–Kier alpha value is -4.23. The summed E-state index contributed by atoms with van der Waals surface area (Å²) >= 11 is 0. The molecule has 0 bridgehead atoms. The fourth-order valence-corrected chi connectivity index (χ4v) is 4.47. The first kappa shape index (κ1) is 19.5. The molecule has 0 aromatic heterocycles. The highest BCUT2D eigenvalue weighted by Gasteiger charge is 2.05. The summed E-state index contributed by atoms with van der Waals surface area (Å²) < 4.78 is 13.3. The third-order valence-electron chi connectivity index (χ3n) is 6.32. The Bertz CT molecular complexity index is 1590. The fraction of sp³-hybridized carbons (Fsp3) is 0. The fourth-order valence-electron chi connectivity index (χ4n) is 4.47.